The van der Waals surface area contributed by atoms with E-state index >= 15 is 0 Å². The van der Waals surface area contributed by atoms with E-state index in [4.69, 9.17) is 17.9 Å². The Hall–Kier alpha value is -6.03. The van der Waals surface area contributed by atoms with Gasteiger partial charge in [0.15, 0.2) is 5.82 Å². The molecule has 8 rings (SSSR count). The Kier molecular flexibility index (Phi) is 12.3. The third kappa shape index (κ3) is 8.44. The molecule has 4 heterocycles. The molecule has 2 aliphatic rings. The van der Waals surface area contributed by atoms with Gasteiger partial charge in [-0.25, -0.2) is 14.7 Å². The standard InChI is InChI=1S/C25H26N4O.C24H22N4.Ir/c1-17-9-7-8-10-21(17)29-22-15-19(26-5)16-27-23(22)28(24(29)30-6)20-13-11-18(12-14-20)25(2,3)4;1-17-8-6-7-9-21(17)28-16-27(23-22(28)14-19(25-5)15-26-23)20-12-10-18(11-13-20)24(2,3)4;/h7-16,24H,1-4,6H3;6-12,14-16H,1-4H3;/q;-2;. The molecule has 1 radical (unpaired) electrons. The van der Waals surface area contributed by atoms with Gasteiger partial charge in [-0.15, -0.1) is 18.4 Å². The fraction of sp³-hybridized carbons (Fsp3) is 0.245. The van der Waals surface area contributed by atoms with E-state index in [0.29, 0.717) is 11.4 Å². The van der Waals surface area contributed by atoms with Crippen LogP contribution in [0.4, 0.5) is 57.1 Å². The summed E-state index contributed by atoms with van der Waals surface area (Å²) in [5, 5.41) is 0. The topological polar surface area (TPSA) is 56.7 Å². The molecular weight excluding hydrogens is 909 g/mol. The van der Waals surface area contributed by atoms with Crippen molar-refractivity contribution in [2.45, 2.75) is 72.6 Å². The molecule has 1 atom stereocenters. The second-order valence-electron chi connectivity index (χ2n) is 16.5. The molecule has 0 N–H and O–H groups in total. The number of pyridine rings is 2. The first-order valence-electron chi connectivity index (χ1n) is 19.3. The van der Waals surface area contributed by atoms with Crippen molar-refractivity contribution in [1.82, 2.24) is 9.97 Å². The molecule has 4 aromatic carbocycles. The molecule has 0 bridgehead atoms. The van der Waals surface area contributed by atoms with Gasteiger partial charge < -0.3 is 14.5 Å². The number of methoxy groups -OCH3 is 1. The first-order chi connectivity index (χ1) is 27.7. The minimum absolute atomic E-state index is 0. The van der Waals surface area contributed by atoms with Crippen LogP contribution in [0.15, 0.2) is 116 Å². The quantitative estimate of drug-likeness (QED) is 0.160. The summed E-state index contributed by atoms with van der Waals surface area (Å²) >= 11 is 0. The van der Waals surface area contributed by atoms with Gasteiger partial charge in [0.1, 0.15) is 5.82 Å². The molecule has 0 saturated heterocycles. The van der Waals surface area contributed by atoms with Crippen LogP contribution in [0.3, 0.4) is 0 Å². The maximum Gasteiger partial charge on any atom is 0.220 e. The van der Waals surface area contributed by atoms with E-state index in [1.54, 1.807) is 19.5 Å². The average Bonchev–Trinajstić information content (AvgIpc) is 3.76. The van der Waals surface area contributed by atoms with E-state index in [0.717, 1.165) is 56.9 Å². The van der Waals surface area contributed by atoms with Crippen molar-refractivity contribution in [3.8, 4) is 0 Å². The zero-order valence-electron chi connectivity index (χ0n) is 34.9. The minimum atomic E-state index is -0.407. The second-order valence-corrected chi connectivity index (χ2v) is 16.5. The van der Waals surface area contributed by atoms with Gasteiger partial charge in [-0.05, 0) is 72.4 Å². The maximum atomic E-state index is 7.43. The van der Waals surface area contributed by atoms with E-state index < -0.39 is 6.35 Å². The van der Waals surface area contributed by atoms with E-state index in [-0.39, 0.29) is 30.9 Å². The molecule has 1 unspecified atom stereocenters. The van der Waals surface area contributed by atoms with Crippen LogP contribution >= 0.6 is 0 Å². The number of aryl methyl sites for hydroxylation is 2. The number of fused-ring (bicyclic) bond motifs is 2. The molecular formula is C49H48IrN8O-2. The predicted octanol–water partition coefficient (Wildman–Crippen LogP) is 12.9. The van der Waals surface area contributed by atoms with Crippen molar-refractivity contribution in [2.24, 2.45) is 0 Å². The summed E-state index contributed by atoms with van der Waals surface area (Å²) in [6, 6.07) is 38.4. The third-order valence-corrected chi connectivity index (χ3v) is 10.5. The Morgan fingerprint density at radius 3 is 1.71 bits per heavy atom. The third-order valence-electron chi connectivity index (χ3n) is 10.5. The number of benzene rings is 4. The van der Waals surface area contributed by atoms with Gasteiger partial charge in [0.25, 0.3) is 0 Å². The molecule has 2 aliphatic heterocycles. The van der Waals surface area contributed by atoms with Crippen molar-refractivity contribution in [3.63, 3.8) is 0 Å². The molecule has 10 heteroatoms. The van der Waals surface area contributed by atoms with E-state index in [1.165, 1.54) is 11.1 Å². The molecule has 301 valence electrons. The average molecular weight is 957 g/mol. The van der Waals surface area contributed by atoms with Gasteiger partial charge in [-0.1, -0.05) is 95.5 Å². The monoisotopic (exact) mass is 957 g/mol. The molecule has 0 aliphatic carbocycles. The molecule has 2 aromatic heterocycles. The normalized spacial score (nSPS) is 14.4. The zero-order valence-corrected chi connectivity index (χ0v) is 37.3. The van der Waals surface area contributed by atoms with Gasteiger partial charge in [-0.2, -0.15) is 23.8 Å². The fourth-order valence-electron chi connectivity index (χ4n) is 7.19. The van der Waals surface area contributed by atoms with Gasteiger partial charge in [0, 0.05) is 62.4 Å². The minimum Gasteiger partial charge on any atom is -0.478 e. The van der Waals surface area contributed by atoms with Gasteiger partial charge in [-0.3, -0.25) is 14.8 Å². The number of anilines is 8. The molecule has 0 saturated carbocycles. The van der Waals surface area contributed by atoms with Crippen LogP contribution in [0.5, 0.6) is 0 Å². The van der Waals surface area contributed by atoms with E-state index in [9.17, 15) is 0 Å². The Balaban J connectivity index is 0.000000195. The van der Waals surface area contributed by atoms with Gasteiger partial charge >= 0.3 is 0 Å². The van der Waals surface area contributed by atoms with Gasteiger partial charge in [0.05, 0.1) is 18.8 Å². The Morgan fingerprint density at radius 1 is 0.644 bits per heavy atom. The van der Waals surface area contributed by atoms with Crippen molar-refractivity contribution < 1.29 is 24.8 Å². The summed E-state index contributed by atoms with van der Waals surface area (Å²) in [6.07, 6.45) is 2.84. The SMILES string of the molecule is [C-]#[N+]c1cnc2c(c1)N(c1ccccc1C)C(OC)N2c1ccc(C(C)(C)C)cc1.[C-]#[N+]c1cnc2c(c1)N(c1ccccc1C)[CH-]N2c1[c-]cc(C(C)(C)C)cc1.[Ir]. The van der Waals surface area contributed by atoms with Crippen LogP contribution in [0.1, 0.15) is 63.8 Å². The predicted molar refractivity (Wildman–Crippen MR) is 236 cm³/mol. The van der Waals surface area contributed by atoms with Crippen molar-refractivity contribution in [1.29, 1.82) is 0 Å². The summed E-state index contributed by atoms with van der Waals surface area (Å²) in [7, 11) is 1.70. The molecule has 0 amide bonds. The smallest absolute Gasteiger partial charge is 0.220 e. The van der Waals surface area contributed by atoms with Gasteiger partial charge in [0.2, 0.25) is 17.7 Å². The van der Waals surface area contributed by atoms with Crippen LogP contribution in [0.25, 0.3) is 9.69 Å². The number of para-hydroxylation sites is 2. The number of aromatic nitrogens is 2. The molecule has 0 spiro atoms. The first-order valence-corrected chi connectivity index (χ1v) is 19.3. The zero-order chi connectivity index (χ0) is 41.4. The molecule has 9 nitrogen and oxygen atoms in total. The Labute approximate surface area is 362 Å². The van der Waals surface area contributed by atoms with Crippen molar-refractivity contribution in [2.75, 3.05) is 26.7 Å². The molecule has 59 heavy (non-hydrogen) atoms. The first kappa shape index (κ1) is 42.6. The summed E-state index contributed by atoms with van der Waals surface area (Å²) < 4.78 is 5.99. The number of rotatable bonds is 5. The number of hydrogen-bond donors (Lipinski definition) is 0. The van der Waals surface area contributed by atoms with Crippen LogP contribution in [-0.4, -0.2) is 23.4 Å². The summed E-state index contributed by atoms with van der Waals surface area (Å²) in [6.45, 7) is 34.2. The van der Waals surface area contributed by atoms with Crippen LogP contribution in [0, 0.1) is 39.7 Å². The Morgan fingerprint density at radius 2 is 1.19 bits per heavy atom. The van der Waals surface area contributed by atoms with Crippen molar-refractivity contribution in [3.05, 3.63) is 173 Å². The fourth-order valence-corrected chi connectivity index (χ4v) is 7.19. The number of ether oxygens (including phenoxy) is 1. The van der Waals surface area contributed by atoms with Crippen LogP contribution in [0.2, 0.25) is 0 Å². The van der Waals surface area contributed by atoms with E-state index in [2.05, 4.69) is 156 Å². The largest absolute Gasteiger partial charge is 0.478 e. The second kappa shape index (κ2) is 17.1. The van der Waals surface area contributed by atoms with E-state index in [1.807, 2.05) is 54.0 Å². The number of nitrogens with zero attached hydrogens (tertiary/aromatic N) is 8. The summed E-state index contributed by atoms with van der Waals surface area (Å²) in [5.41, 5.74) is 11.8. The molecule has 6 aromatic rings. The molecule has 0 fully saturated rings. The maximum absolute atomic E-state index is 7.43. The van der Waals surface area contributed by atoms with Crippen LogP contribution in [-0.2, 0) is 35.7 Å². The number of hydrogen-bond acceptors (Lipinski definition) is 7. The van der Waals surface area contributed by atoms with Crippen LogP contribution < -0.4 is 19.6 Å². The summed E-state index contributed by atoms with van der Waals surface area (Å²) in [5.74, 6) is 1.58. The Bertz CT molecular complexity index is 2530. The summed E-state index contributed by atoms with van der Waals surface area (Å²) in [4.78, 5) is 24.7. The van der Waals surface area contributed by atoms with Crippen molar-refractivity contribution >= 4 is 57.1 Å².